The Kier molecular flexibility index (Phi) is 5.52. The second-order valence-corrected chi connectivity index (χ2v) is 4.94. The monoisotopic (exact) mass is 327 g/mol. The zero-order valence-corrected chi connectivity index (χ0v) is 12.4. The minimum Gasteiger partial charge on any atom is -0.464 e. The van der Waals surface area contributed by atoms with Crippen molar-refractivity contribution in [3.63, 3.8) is 0 Å². The fourth-order valence-corrected chi connectivity index (χ4v) is 2.02. The van der Waals surface area contributed by atoms with Gasteiger partial charge in [-0.2, -0.15) is 0 Å². The molecule has 1 aromatic carbocycles. The normalized spacial score (nSPS) is 13.4. The van der Waals surface area contributed by atoms with Crippen molar-refractivity contribution in [2.75, 3.05) is 13.2 Å². The number of nitrogens with one attached hydrogen (secondary N) is 1. The highest BCUT2D eigenvalue weighted by Gasteiger charge is 2.38. The van der Waals surface area contributed by atoms with Crippen LogP contribution < -0.4 is 5.32 Å². The van der Waals surface area contributed by atoms with Crippen LogP contribution >= 0.6 is 15.9 Å². The maximum Gasteiger partial charge on any atom is 0.330 e. The average molecular weight is 328 g/mol. The van der Waals surface area contributed by atoms with Crippen molar-refractivity contribution in [3.05, 3.63) is 34.1 Å². The van der Waals surface area contributed by atoms with E-state index in [9.17, 15) is 9.18 Å². The van der Waals surface area contributed by atoms with Crippen LogP contribution in [0.2, 0.25) is 0 Å². The van der Waals surface area contributed by atoms with Gasteiger partial charge >= 0.3 is 5.97 Å². The highest BCUT2D eigenvalue weighted by molar-refractivity contribution is 9.10. The molecule has 5 heteroatoms. The van der Waals surface area contributed by atoms with Crippen LogP contribution in [0.15, 0.2) is 22.7 Å². The largest absolute Gasteiger partial charge is 0.464 e. The number of carbonyl (C=O) groups excluding carboxylic acids is 1. The van der Waals surface area contributed by atoms with Crippen LogP contribution in [0.1, 0.15) is 19.4 Å². The van der Waals surface area contributed by atoms with E-state index < -0.39 is 17.3 Å². The number of carbonyl (C=O) groups is 1. The zero-order valence-electron chi connectivity index (χ0n) is 10.8. The van der Waals surface area contributed by atoms with Crippen molar-refractivity contribution in [1.29, 1.82) is 0 Å². The average Bonchev–Trinajstić information content (AvgIpc) is 2.39. The molecule has 0 fully saturated rings. The smallest absolute Gasteiger partial charge is 0.330 e. The Bertz CT molecular complexity index is 513. The molecule has 0 saturated carbocycles. The van der Waals surface area contributed by atoms with Gasteiger partial charge in [0, 0.05) is 10.0 Å². The van der Waals surface area contributed by atoms with E-state index in [4.69, 9.17) is 11.2 Å². The van der Waals surface area contributed by atoms with Crippen molar-refractivity contribution < 1.29 is 13.9 Å². The summed E-state index contributed by atoms with van der Waals surface area (Å²) in [4.78, 5) is 12.1. The van der Waals surface area contributed by atoms with Crippen molar-refractivity contribution in [2.24, 2.45) is 0 Å². The van der Waals surface area contributed by atoms with Crippen LogP contribution in [-0.2, 0) is 15.1 Å². The number of terminal acetylenes is 1. The van der Waals surface area contributed by atoms with Gasteiger partial charge in [-0.1, -0.05) is 21.9 Å². The van der Waals surface area contributed by atoms with Gasteiger partial charge in [0.25, 0.3) is 0 Å². The predicted octanol–water partition coefficient (Wildman–Crippen LogP) is 2.59. The van der Waals surface area contributed by atoms with Crippen LogP contribution in [0.5, 0.6) is 0 Å². The summed E-state index contributed by atoms with van der Waals surface area (Å²) in [6.07, 6.45) is 5.19. The molecule has 0 aromatic heterocycles. The van der Waals surface area contributed by atoms with Gasteiger partial charge in [-0.05, 0) is 32.0 Å². The van der Waals surface area contributed by atoms with Gasteiger partial charge in [-0.25, -0.2) is 9.18 Å². The molecule has 1 rings (SSSR count). The second kappa shape index (κ2) is 6.69. The Morgan fingerprint density at radius 1 is 1.63 bits per heavy atom. The second-order valence-electron chi connectivity index (χ2n) is 4.03. The predicted molar refractivity (Wildman–Crippen MR) is 74.9 cm³/mol. The van der Waals surface area contributed by atoms with Gasteiger partial charge in [0.15, 0.2) is 0 Å². The molecule has 0 amide bonds. The van der Waals surface area contributed by atoms with Gasteiger partial charge in [-0.3, -0.25) is 5.32 Å². The highest BCUT2D eigenvalue weighted by atomic mass is 79.9. The third kappa shape index (κ3) is 3.55. The standard InChI is InChI=1S/C14H15BrFNO2/c1-4-8-17-14(3,13(18)19-5-2)11-9-10(15)6-7-12(11)16/h1,6-7,9,17H,5,8H2,2-3H3. The minimum atomic E-state index is -1.32. The summed E-state index contributed by atoms with van der Waals surface area (Å²) in [5, 5.41) is 2.84. The van der Waals surface area contributed by atoms with Crippen molar-refractivity contribution in [2.45, 2.75) is 19.4 Å². The maximum atomic E-state index is 14.0. The third-order valence-corrected chi connectivity index (χ3v) is 3.19. The summed E-state index contributed by atoms with van der Waals surface area (Å²) in [6.45, 7) is 3.58. The molecule has 1 atom stereocenters. The summed E-state index contributed by atoms with van der Waals surface area (Å²) in [7, 11) is 0. The van der Waals surface area contributed by atoms with E-state index in [0.29, 0.717) is 4.47 Å². The topological polar surface area (TPSA) is 38.3 Å². The number of esters is 1. The first-order chi connectivity index (χ1) is 8.95. The van der Waals surface area contributed by atoms with E-state index in [0.717, 1.165) is 0 Å². The number of rotatable bonds is 5. The zero-order chi connectivity index (χ0) is 14.5. The Hall–Kier alpha value is -1.38. The fraction of sp³-hybridized carbons (Fsp3) is 0.357. The lowest BCUT2D eigenvalue weighted by Gasteiger charge is -2.28. The van der Waals surface area contributed by atoms with E-state index in [1.54, 1.807) is 19.9 Å². The molecule has 0 radical (unpaired) electrons. The molecule has 19 heavy (non-hydrogen) atoms. The van der Waals surface area contributed by atoms with E-state index in [2.05, 4.69) is 27.2 Å². The Morgan fingerprint density at radius 2 is 2.32 bits per heavy atom. The number of benzene rings is 1. The van der Waals surface area contributed by atoms with E-state index in [1.807, 2.05) is 0 Å². The first kappa shape index (κ1) is 15.7. The molecule has 0 heterocycles. The van der Waals surface area contributed by atoms with Gasteiger partial charge in [-0.15, -0.1) is 6.42 Å². The highest BCUT2D eigenvalue weighted by Crippen LogP contribution is 2.28. The van der Waals surface area contributed by atoms with Crippen LogP contribution in [0.4, 0.5) is 4.39 Å². The van der Waals surface area contributed by atoms with Crippen molar-refractivity contribution >= 4 is 21.9 Å². The first-order valence-corrected chi connectivity index (χ1v) is 6.56. The Labute approximate surface area is 120 Å². The molecule has 0 aliphatic heterocycles. The summed E-state index contributed by atoms with van der Waals surface area (Å²) in [5.41, 5.74) is -1.13. The lowest BCUT2D eigenvalue weighted by Crippen LogP contribution is -2.48. The molecule has 1 N–H and O–H groups in total. The first-order valence-electron chi connectivity index (χ1n) is 5.77. The molecule has 0 aliphatic carbocycles. The minimum absolute atomic E-state index is 0.126. The molecule has 0 aliphatic rings. The fourth-order valence-electron chi connectivity index (χ4n) is 1.66. The number of halogens is 2. The Morgan fingerprint density at radius 3 is 2.89 bits per heavy atom. The van der Waals surface area contributed by atoms with Gasteiger partial charge in [0.2, 0.25) is 0 Å². The van der Waals surface area contributed by atoms with Gasteiger partial charge in [0.1, 0.15) is 11.4 Å². The van der Waals surface area contributed by atoms with Gasteiger partial charge in [0.05, 0.1) is 13.2 Å². The molecular weight excluding hydrogens is 313 g/mol. The van der Waals surface area contributed by atoms with E-state index >= 15 is 0 Å². The lowest BCUT2D eigenvalue weighted by molar-refractivity contribution is -0.151. The summed E-state index contributed by atoms with van der Waals surface area (Å²) < 4.78 is 19.6. The number of ether oxygens (including phenoxy) is 1. The molecule has 0 bridgehead atoms. The SMILES string of the molecule is C#CCNC(C)(C(=O)OCC)c1cc(Br)ccc1F. The van der Waals surface area contributed by atoms with Gasteiger partial charge < -0.3 is 4.74 Å². The molecule has 1 unspecified atom stereocenters. The van der Waals surface area contributed by atoms with E-state index in [1.165, 1.54) is 12.1 Å². The number of hydrogen-bond donors (Lipinski definition) is 1. The molecule has 1 aromatic rings. The maximum absolute atomic E-state index is 14.0. The molecular formula is C14H15BrFNO2. The van der Waals surface area contributed by atoms with Crippen LogP contribution in [0.3, 0.4) is 0 Å². The van der Waals surface area contributed by atoms with Crippen LogP contribution in [-0.4, -0.2) is 19.1 Å². The lowest BCUT2D eigenvalue weighted by atomic mass is 9.91. The quantitative estimate of drug-likeness (QED) is 0.667. The molecule has 0 spiro atoms. The van der Waals surface area contributed by atoms with Crippen LogP contribution in [0.25, 0.3) is 0 Å². The molecule has 0 saturated heterocycles. The molecule has 102 valence electrons. The van der Waals surface area contributed by atoms with Crippen LogP contribution in [0, 0.1) is 18.2 Å². The summed E-state index contributed by atoms with van der Waals surface area (Å²) in [5.74, 6) is 1.31. The summed E-state index contributed by atoms with van der Waals surface area (Å²) >= 11 is 3.26. The Balaban J connectivity index is 3.26. The van der Waals surface area contributed by atoms with E-state index in [-0.39, 0.29) is 18.7 Å². The number of hydrogen-bond acceptors (Lipinski definition) is 3. The van der Waals surface area contributed by atoms with Crippen molar-refractivity contribution in [3.8, 4) is 12.3 Å². The molecule has 3 nitrogen and oxygen atoms in total. The summed E-state index contributed by atoms with van der Waals surface area (Å²) in [6, 6.07) is 4.38. The van der Waals surface area contributed by atoms with Crippen molar-refractivity contribution in [1.82, 2.24) is 5.32 Å². The third-order valence-electron chi connectivity index (χ3n) is 2.69.